The molecule has 0 aromatic rings. The minimum Gasteiger partial charge on any atom is -0.391 e. The van der Waals surface area contributed by atoms with Crippen molar-refractivity contribution in [1.29, 1.82) is 10.8 Å². The number of nitrogens with two attached hydrogens (primary N) is 1. The number of amidine groups is 2. The molecule has 33 heavy (non-hydrogen) atoms. The number of allylic oxidation sites excluding steroid dienone is 4. The van der Waals surface area contributed by atoms with Crippen LogP contribution in [0.4, 0.5) is 0 Å². The van der Waals surface area contributed by atoms with Crippen LogP contribution in [-0.4, -0.2) is 43.7 Å². The van der Waals surface area contributed by atoms with Gasteiger partial charge in [0.2, 0.25) is 0 Å². The van der Waals surface area contributed by atoms with E-state index in [1.165, 1.54) is 6.21 Å². The maximum atomic E-state index is 8.23. The molecule has 0 aromatic heterocycles. The van der Waals surface area contributed by atoms with Crippen LogP contribution >= 0.6 is 0 Å². The Labute approximate surface area is 195 Å². The molecule has 0 spiro atoms. The third kappa shape index (κ3) is 6.45. The van der Waals surface area contributed by atoms with Crippen molar-refractivity contribution in [3.63, 3.8) is 0 Å². The van der Waals surface area contributed by atoms with Crippen molar-refractivity contribution in [3.05, 3.63) is 70.6 Å². The average molecular weight is 451 g/mol. The Hall–Kier alpha value is -3.59. The number of rotatable bonds is 9. The fourth-order valence-corrected chi connectivity index (χ4v) is 3.45. The zero-order chi connectivity index (χ0) is 23.8. The highest BCUT2D eigenvalue weighted by Crippen LogP contribution is 2.23. The SMILES string of the molecule is CCN/C=C(/C1=CNC2=CC=C(NC(=N)C=C(C=N)C(C)C)NC2=C1)C(N)=NC1CCOC1. The lowest BCUT2D eigenvalue weighted by Crippen LogP contribution is -2.35. The lowest BCUT2D eigenvalue weighted by Gasteiger charge is -2.25. The highest BCUT2D eigenvalue weighted by atomic mass is 16.5. The molecular formula is C24H34N8O. The zero-order valence-electron chi connectivity index (χ0n) is 19.5. The molecule has 0 bridgehead atoms. The number of fused-ring (bicyclic) bond motifs is 1. The predicted octanol–water partition coefficient (Wildman–Crippen LogP) is 2.12. The van der Waals surface area contributed by atoms with Crippen LogP contribution in [0.1, 0.15) is 27.2 Å². The molecule has 3 rings (SSSR count). The molecule has 9 heteroatoms. The molecule has 3 aliphatic rings. The van der Waals surface area contributed by atoms with Gasteiger partial charge < -0.3 is 37.1 Å². The fourth-order valence-electron chi connectivity index (χ4n) is 3.45. The van der Waals surface area contributed by atoms with Crippen LogP contribution in [-0.2, 0) is 4.74 Å². The Balaban J connectivity index is 1.77. The van der Waals surface area contributed by atoms with E-state index in [1.807, 2.05) is 51.4 Å². The summed E-state index contributed by atoms with van der Waals surface area (Å²) < 4.78 is 5.42. The molecule has 0 amide bonds. The molecule has 9 nitrogen and oxygen atoms in total. The van der Waals surface area contributed by atoms with Crippen molar-refractivity contribution in [2.45, 2.75) is 33.2 Å². The van der Waals surface area contributed by atoms with Crippen LogP contribution in [0.25, 0.3) is 0 Å². The van der Waals surface area contributed by atoms with E-state index < -0.39 is 0 Å². The molecule has 8 N–H and O–H groups in total. The van der Waals surface area contributed by atoms with Crippen LogP contribution in [0, 0.1) is 16.7 Å². The topological polar surface area (TPSA) is 143 Å². The van der Waals surface area contributed by atoms with Gasteiger partial charge in [0.25, 0.3) is 0 Å². The van der Waals surface area contributed by atoms with Crippen LogP contribution in [0.5, 0.6) is 0 Å². The van der Waals surface area contributed by atoms with Gasteiger partial charge in [0.1, 0.15) is 17.5 Å². The van der Waals surface area contributed by atoms with E-state index in [1.54, 1.807) is 6.08 Å². The summed E-state index contributed by atoms with van der Waals surface area (Å²) in [5.41, 5.74) is 10.6. The summed E-state index contributed by atoms with van der Waals surface area (Å²) >= 11 is 0. The van der Waals surface area contributed by atoms with Crippen molar-refractivity contribution >= 4 is 17.9 Å². The number of nitrogens with one attached hydrogen (secondary N) is 6. The van der Waals surface area contributed by atoms with E-state index in [0.29, 0.717) is 24.9 Å². The lowest BCUT2D eigenvalue weighted by molar-refractivity contribution is 0.194. The van der Waals surface area contributed by atoms with Gasteiger partial charge in [-0.15, -0.1) is 0 Å². The predicted molar refractivity (Wildman–Crippen MR) is 134 cm³/mol. The molecule has 1 fully saturated rings. The molecule has 1 atom stereocenters. The van der Waals surface area contributed by atoms with Crippen molar-refractivity contribution in [1.82, 2.24) is 21.3 Å². The van der Waals surface area contributed by atoms with Gasteiger partial charge in [0.15, 0.2) is 0 Å². The zero-order valence-corrected chi connectivity index (χ0v) is 19.5. The highest BCUT2D eigenvalue weighted by molar-refractivity contribution is 6.02. The van der Waals surface area contributed by atoms with Crippen LogP contribution in [0.3, 0.4) is 0 Å². The minimum atomic E-state index is 0.0811. The summed E-state index contributed by atoms with van der Waals surface area (Å²) in [7, 11) is 0. The first kappa shape index (κ1) is 24.1. The lowest BCUT2D eigenvalue weighted by atomic mass is 10.0. The summed E-state index contributed by atoms with van der Waals surface area (Å²) in [6.45, 7) is 8.10. The van der Waals surface area contributed by atoms with Crippen LogP contribution in [0.2, 0.25) is 0 Å². The number of hydrogen-bond acceptors (Lipinski definition) is 7. The Morgan fingerprint density at radius 2 is 2.18 bits per heavy atom. The van der Waals surface area contributed by atoms with Crippen molar-refractivity contribution < 1.29 is 4.74 Å². The molecule has 1 unspecified atom stereocenters. The van der Waals surface area contributed by atoms with Gasteiger partial charge in [-0.1, -0.05) is 13.8 Å². The second-order valence-electron chi connectivity index (χ2n) is 8.22. The maximum Gasteiger partial charge on any atom is 0.128 e. The molecule has 0 aromatic carbocycles. The monoisotopic (exact) mass is 450 g/mol. The molecule has 3 aliphatic heterocycles. The van der Waals surface area contributed by atoms with Crippen molar-refractivity contribution in [2.75, 3.05) is 19.8 Å². The van der Waals surface area contributed by atoms with E-state index >= 15 is 0 Å². The minimum absolute atomic E-state index is 0.0811. The molecular weight excluding hydrogens is 416 g/mol. The van der Waals surface area contributed by atoms with Crippen LogP contribution < -0.4 is 27.0 Å². The molecule has 176 valence electrons. The number of dihydropyridines is 2. The molecule has 3 heterocycles. The van der Waals surface area contributed by atoms with E-state index in [4.69, 9.17) is 21.3 Å². The van der Waals surface area contributed by atoms with Gasteiger partial charge in [-0.2, -0.15) is 0 Å². The summed E-state index contributed by atoms with van der Waals surface area (Å²) in [5, 5.41) is 28.7. The summed E-state index contributed by atoms with van der Waals surface area (Å²) in [6.07, 6.45) is 13.4. The first-order valence-corrected chi connectivity index (χ1v) is 11.2. The first-order valence-electron chi connectivity index (χ1n) is 11.2. The Morgan fingerprint density at radius 3 is 2.85 bits per heavy atom. The second kappa shape index (κ2) is 11.3. The van der Waals surface area contributed by atoms with E-state index in [9.17, 15) is 0 Å². The van der Waals surface area contributed by atoms with E-state index in [2.05, 4.69) is 26.3 Å². The third-order valence-electron chi connectivity index (χ3n) is 5.34. The van der Waals surface area contributed by atoms with Crippen molar-refractivity contribution in [2.24, 2.45) is 16.6 Å². The van der Waals surface area contributed by atoms with Gasteiger partial charge >= 0.3 is 0 Å². The number of nitrogens with zero attached hydrogens (tertiary/aromatic N) is 1. The third-order valence-corrected chi connectivity index (χ3v) is 5.34. The number of hydrogen-bond donors (Lipinski definition) is 7. The van der Waals surface area contributed by atoms with Gasteiger partial charge in [0.05, 0.1) is 24.0 Å². The standard InChI is InChI=1S/C24H34N8O/c1-4-28-13-19(24(27)30-18-7-8-33-14-18)17-9-21-20(29-12-17)5-6-23(31-21)32-22(26)10-16(11-25)15(2)3/h5-6,9-13,15,18,25,28-29,31H,4,7-8,14H2,1-3H3,(H2,26,32)(H2,27,30)/b16-10?,19-13-,25-11?. The largest absolute Gasteiger partial charge is 0.391 e. The van der Waals surface area contributed by atoms with E-state index in [0.717, 1.165) is 41.1 Å². The number of aliphatic imine (C=N–C) groups is 1. The highest BCUT2D eigenvalue weighted by Gasteiger charge is 2.21. The van der Waals surface area contributed by atoms with Gasteiger partial charge in [-0.25, -0.2) is 0 Å². The summed E-state index contributed by atoms with van der Waals surface area (Å²) in [6, 6.07) is 0.0811. The molecule has 1 saturated heterocycles. The summed E-state index contributed by atoms with van der Waals surface area (Å²) in [4.78, 5) is 4.66. The normalized spacial score (nSPS) is 21.1. The summed E-state index contributed by atoms with van der Waals surface area (Å²) in [5.74, 6) is 1.52. The smallest absolute Gasteiger partial charge is 0.128 e. The quantitative estimate of drug-likeness (QED) is 0.212. The van der Waals surface area contributed by atoms with E-state index in [-0.39, 0.29) is 17.8 Å². The van der Waals surface area contributed by atoms with Gasteiger partial charge in [-0.3, -0.25) is 10.4 Å². The second-order valence-corrected chi connectivity index (χ2v) is 8.22. The van der Waals surface area contributed by atoms with Gasteiger partial charge in [-0.05, 0) is 49.1 Å². The van der Waals surface area contributed by atoms with Crippen LogP contribution in [0.15, 0.2) is 75.6 Å². The molecule has 0 radical (unpaired) electrons. The maximum absolute atomic E-state index is 8.23. The first-order chi connectivity index (χ1) is 15.9. The van der Waals surface area contributed by atoms with Crippen molar-refractivity contribution in [3.8, 4) is 0 Å². The Kier molecular flexibility index (Phi) is 8.26. The Morgan fingerprint density at radius 1 is 1.36 bits per heavy atom. The number of ether oxygens (including phenoxy) is 1. The average Bonchev–Trinajstić information content (AvgIpc) is 3.30. The molecule has 0 aliphatic carbocycles. The van der Waals surface area contributed by atoms with Gasteiger partial charge in [0, 0.05) is 42.9 Å². The fraction of sp³-hybridized carbons (Fsp3) is 0.375. The Bertz CT molecular complexity index is 988. The molecule has 0 saturated carbocycles.